The summed E-state index contributed by atoms with van der Waals surface area (Å²) in [5.74, 6) is -0.692. The van der Waals surface area contributed by atoms with E-state index in [0.29, 0.717) is 47.4 Å². The predicted molar refractivity (Wildman–Crippen MR) is 117 cm³/mol. The number of hydrogen-bond donors (Lipinski definition) is 1. The fraction of sp³-hybridized carbons (Fsp3) is 0.227. The Bertz CT molecular complexity index is 1290. The second kappa shape index (κ2) is 8.39. The zero-order valence-corrected chi connectivity index (χ0v) is 17.9. The van der Waals surface area contributed by atoms with Gasteiger partial charge in [-0.3, -0.25) is 14.9 Å². The molecule has 1 aliphatic heterocycles. The van der Waals surface area contributed by atoms with Gasteiger partial charge in [-0.15, -0.1) is 5.10 Å². The summed E-state index contributed by atoms with van der Waals surface area (Å²) in [6.45, 7) is 0. The number of Topliss-reactive ketones (excluding diaryl/α,β-unsaturated/α-hetero) is 1. The van der Waals surface area contributed by atoms with E-state index in [1.807, 2.05) is 0 Å². The van der Waals surface area contributed by atoms with Crippen LogP contribution in [0.15, 0.2) is 58.9 Å². The molecule has 1 aromatic heterocycles. The molecule has 2 aliphatic rings. The first-order valence-corrected chi connectivity index (χ1v) is 11.2. The molecule has 33 heavy (non-hydrogen) atoms. The number of rotatable bonds is 5. The van der Waals surface area contributed by atoms with Crippen LogP contribution in [0.4, 0.5) is 20.4 Å². The standard InChI is InChI=1S/C22H17F2N5O3S/c23-14-8-13(9-15(24)10-14)20-19-17(2-1-3-18(19)30)25-21-26-22(27-28(20)21)33-11-12-4-6-16(7-5-12)29(31)32/h4-10,20H,1-3,11H2,(H,25,26,27)/t20-/m0/s1. The Morgan fingerprint density at radius 3 is 2.58 bits per heavy atom. The zero-order chi connectivity index (χ0) is 23.1. The largest absolute Gasteiger partial charge is 0.328 e. The average molecular weight is 469 g/mol. The highest BCUT2D eigenvalue weighted by atomic mass is 32.2. The molecule has 3 aromatic rings. The van der Waals surface area contributed by atoms with Crippen LogP contribution in [0.3, 0.4) is 0 Å². The van der Waals surface area contributed by atoms with E-state index >= 15 is 0 Å². The number of aromatic nitrogens is 3. The van der Waals surface area contributed by atoms with Gasteiger partial charge in [0.25, 0.3) is 5.69 Å². The van der Waals surface area contributed by atoms with Gasteiger partial charge in [0.2, 0.25) is 11.1 Å². The Balaban J connectivity index is 1.47. The molecule has 8 nitrogen and oxygen atoms in total. The van der Waals surface area contributed by atoms with Gasteiger partial charge >= 0.3 is 0 Å². The number of benzene rings is 2. The number of nitro benzene ring substituents is 1. The van der Waals surface area contributed by atoms with E-state index in [2.05, 4.69) is 15.4 Å². The number of hydrogen-bond acceptors (Lipinski definition) is 7. The summed E-state index contributed by atoms with van der Waals surface area (Å²) in [7, 11) is 0. The van der Waals surface area contributed by atoms with Gasteiger partial charge in [0.05, 0.1) is 4.92 Å². The number of ketones is 1. The van der Waals surface area contributed by atoms with E-state index in [9.17, 15) is 23.7 Å². The van der Waals surface area contributed by atoms with Gasteiger partial charge in [0, 0.05) is 41.6 Å². The molecule has 1 aliphatic carbocycles. The molecule has 11 heteroatoms. The van der Waals surface area contributed by atoms with Gasteiger partial charge < -0.3 is 5.32 Å². The molecule has 0 radical (unpaired) electrons. The number of nitrogens with zero attached hydrogens (tertiary/aromatic N) is 4. The van der Waals surface area contributed by atoms with Crippen LogP contribution in [-0.2, 0) is 10.5 Å². The molecule has 5 rings (SSSR count). The lowest BCUT2D eigenvalue weighted by Gasteiger charge is -2.32. The van der Waals surface area contributed by atoms with Gasteiger partial charge in [-0.25, -0.2) is 13.5 Å². The van der Waals surface area contributed by atoms with Crippen molar-refractivity contribution < 1.29 is 18.5 Å². The second-order valence-corrected chi connectivity index (χ2v) is 8.72. The molecular weight excluding hydrogens is 452 g/mol. The maximum absolute atomic E-state index is 14.0. The van der Waals surface area contributed by atoms with Gasteiger partial charge in [0.15, 0.2) is 5.78 Å². The normalized spacial score (nSPS) is 17.4. The van der Waals surface area contributed by atoms with Crippen molar-refractivity contribution in [3.05, 3.63) is 86.6 Å². The summed E-state index contributed by atoms with van der Waals surface area (Å²) in [5, 5.41) is 18.9. The number of carbonyl (C=O) groups is 1. The van der Waals surface area contributed by atoms with Crippen LogP contribution < -0.4 is 5.32 Å². The SMILES string of the molecule is O=C1CCCC2=C1[C@H](c1cc(F)cc(F)c1)n1nc(SCc3ccc([N+](=O)[O-])cc3)nc1N2. The topological polar surface area (TPSA) is 103 Å². The zero-order valence-electron chi connectivity index (χ0n) is 17.1. The number of halogens is 2. The first kappa shape index (κ1) is 21.3. The summed E-state index contributed by atoms with van der Waals surface area (Å²) in [6, 6.07) is 8.61. The van der Waals surface area contributed by atoms with Crippen molar-refractivity contribution in [3.63, 3.8) is 0 Å². The third-order valence-electron chi connectivity index (χ3n) is 5.56. The third-order valence-corrected chi connectivity index (χ3v) is 6.47. The van der Waals surface area contributed by atoms with E-state index in [1.165, 1.54) is 40.7 Å². The van der Waals surface area contributed by atoms with Crippen LogP contribution >= 0.6 is 11.8 Å². The quantitative estimate of drug-likeness (QED) is 0.326. The molecule has 2 aromatic carbocycles. The van der Waals surface area contributed by atoms with Crippen molar-refractivity contribution in [1.82, 2.24) is 14.8 Å². The van der Waals surface area contributed by atoms with Crippen LogP contribution in [0.2, 0.25) is 0 Å². The van der Waals surface area contributed by atoms with Crippen LogP contribution in [0.5, 0.6) is 0 Å². The molecule has 1 atom stereocenters. The molecule has 168 valence electrons. The average Bonchev–Trinajstić information content (AvgIpc) is 3.18. The van der Waals surface area contributed by atoms with Crippen LogP contribution in [0.1, 0.15) is 36.4 Å². The van der Waals surface area contributed by atoms with Gasteiger partial charge in [-0.05, 0) is 36.1 Å². The number of nitro groups is 1. The first-order valence-electron chi connectivity index (χ1n) is 10.2. The Kier molecular flexibility index (Phi) is 5.41. The van der Waals surface area contributed by atoms with Crippen molar-refractivity contribution in [2.45, 2.75) is 36.2 Å². The maximum atomic E-state index is 14.0. The fourth-order valence-corrected chi connectivity index (χ4v) is 4.89. The summed E-state index contributed by atoms with van der Waals surface area (Å²) in [6.07, 6.45) is 1.68. The minimum atomic E-state index is -0.782. The van der Waals surface area contributed by atoms with Gasteiger partial charge in [0.1, 0.15) is 17.7 Å². The van der Waals surface area contributed by atoms with E-state index in [4.69, 9.17) is 0 Å². The number of fused-ring (bicyclic) bond motifs is 1. The number of nitrogens with one attached hydrogen (secondary N) is 1. The van der Waals surface area contributed by atoms with Crippen LogP contribution in [-0.4, -0.2) is 25.5 Å². The smallest absolute Gasteiger partial charge is 0.269 e. The fourth-order valence-electron chi connectivity index (χ4n) is 4.10. The maximum Gasteiger partial charge on any atom is 0.269 e. The van der Waals surface area contributed by atoms with Crippen molar-refractivity contribution in [3.8, 4) is 0 Å². The Labute approximate surface area is 190 Å². The molecule has 1 N–H and O–H groups in total. The Morgan fingerprint density at radius 2 is 1.88 bits per heavy atom. The molecule has 2 heterocycles. The van der Waals surface area contributed by atoms with Crippen molar-refractivity contribution in [2.24, 2.45) is 0 Å². The summed E-state index contributed by atoms with van der Waals surface area (Å²) in [5.41, 5.74) is 2.30. The molecule has 0 saturated heterocycles. The highest BCUT2D eigenvalue weighted by Crippen LogP contribution is 2.41. The highest BCUT2D eigenvalue weighted by Gasteiger charge is 2.37. The van der Waals surface area contributed by atoms with Gasteiger partial charge in [-0.2, -0.15) is 4.98 Å². The Morgan fingerprint density at radius 1 is 1.15 bits per heavy atom. The van der Waals surface area contributed by atoms with E-state index in [-0.39, 0.29) is 17.0 Å². The first-order chi connectivity index (χ1) is 15.9. The number of allylic oxidation sites excluding steroid dienone is 2. The van der Waals surface area contributed by atoms with Gasteiger partial charge in [-0.1, -0.05) is 23.9 Å². The van der Waals surface area contributed by atoms with Crippen LogP contribution in [0, 0.1) is 21.7 Å². The predicted octanol–water partition coefficient (Wildman–Crippen LogP) is 4.78. The molecule has 0 bridgehead atoms. The molecular formula is C22H17F2N5O3S. The number of thioether (sulfide) groups is 1. The number of non-ortho nitro benzene ring substituents is 1. The summed E-state index contributed by atoms with van der Waals surface area (Å²) in [4.78, 5) is 27.7. The monoisotopic (exact) mass is 469 g/mol. The number of anilines is 1. The molecule has 0 unspecified atom stereocenters. The molecule has 0 saturated carbocycles. The lowest BCUT2D eigenvalue weighted by Crippen LogP contribution is -2.31. The number of carbonyl (C=O) groups excluding carboxylic acids is 1. The van der Waals surface area contributed by atoms with Crippen molar-refractivity contribution >= 4 is 29.2 Å². The lowest BCUT2D eigenvalue weighted by atomic mass is 9.85. The van der Waals surface area contributed by atoms with Crippen molar-refractivity contribution in [1.29, 1.82) is 0 Å². The highest BCUT2D eigenvalue weighted by molar-refractivity contribution is 7.98. The Hall–Kier alpha value is -3.60. The summed E-state index contributed by atoms with van der Waals surface area (Å²) < 4.78 is 29.5. The van der Waals surface area contributed by atoms with E-state index in [0.717, 1.165) is 11.6 Å². The minimum absolute atomic E-state index is 0.00928. The van der Waals surface area contributed by atoms with E-state index in [1.54, 1.807) is 12.1 Å². The second-order valence-electron chi connectivity index (χ2n) is 7.77. The minimum Gasteiger partial charge on any atom is -0.328 e. The molecule has 0 fully saturated rings. The third kappa shape index (κ3) is 4.11. The lowest BCUT2D eigenvalue weighted by molar-refractivity contribution is -0.384. The van der Waals surface area contributed by atoms with Crippen LogP contribution in [0.25, 0.3) is 0 Å². The molecule has 0 spiro atoms. The molecule has 0 amide bonds. The van der Waals surface area contributed by atoms with Crippen molar-refractivity contribution in [2.75, 3.05) is 5.32 Å². The summed E-state index contributed by atoms with van der Waals surface area (Å²) >= 11 is 1.31. The van der Waals surface area contributed by atoms with E-state index < -0.39 is 22.6 Å².